The molecule has 0 amide bonds. The molecule has 0 spiro atoms. The van der Waals surface area contributed by atoms with Gasteiger partial charge in [0.1, 0.15) is 11.6 Å². The Hall–Kier alpha value is -3.22. The molecule has 3 aromatic rings. The fraction of sp³-hybridized carbons (Fsp3) is 0.200. The molecule has 0 aliphatic heterocycles. The third-order valence-electron chi connectivity index (χ3n) is 4.10. The Morgan fingerprint density at radius 1 is 1.15 bits per heavy atom. The highest BCUT2D eigenvalue weighted by Crippen LogP contribution is 2.21. The maximum Gasteiger partial charge on any atom is 0.316 e. The molecule has 2 aromatic carbocycles. The Kier molecular flexibility index (Phi) is 5.49. The molecule has 5 nitrogen and oxygen atoms in total. The molecule has 27 heavy (non-hydrogen) atoms. The van der Waals surface area contributed by atoms with Crippen LogP contribution in [-0.2, 0) is 13.0 Å². The molecule has 7 heteroatoms. The van der Waals surface area contributed by atoms with Crippen LogP contribution < -0.4 is 15.6 Å². The Morgan fingerprint density at radius 3 is 2.52 bits per heavy atom. The average molecular weight is 371 g/mol. The zero-order chi connectivity index (χ0) is 19.4. The fourth-order valence-corrected chi connectivity index (χ4v) is 2.80. The molecule has 0 saturated carbocycles. The van der Waals surface area contributed by atoms with Gasteiger partial charge >= 0.3 is 5.56 Å². The molecule has 0 radical (unpaired) electrons. The summed E-state index contributed by atoms with van der Waals surface area (Å²) in [5, 5.41) is 3.14. The minimum atomic E-state index is -0.670. The summed E-state index contributed by atoms with van der Waals surface area (Å²) in [7, 11) is 1.37. The lowest BCUT2D eigenvalue weighted by Crippen LogP contribution is -2.19. The third-order valence-corrected chi connectivity index (χ3v) is 4.10. The smallest absolute Gasteiger partial charge is 0.316 e. The molecule has 3 rings (SSSR count). The molecule has 0 saturated heterocycles. The molecule has 1 aromatic heterocycles. The molecule has 1 heterocycles. The van der Waals surface area contributed by atoms with E-state index in [9.17, 15) is 13.6 Å². The first kappa shape index (κ1) is 18.6. The van der Waals surface area contributed by atoms with Crippen molar-refractivity contribution in [1.82, 2.24) is 9.55 Å². The summed E-state index contributed by atoms with van der Waals surface area (Å²) in [4.78, 5) is 16.2. The average Bonchev–Trinajstić information content (AvgIpc) is 2.63. The topological polar surface area (TPSA) is 56.1 Å². The van der Waals surface area contributed by atoms with Gasteiger partial charge < -0.3 is 14.6 Å². The number of hydrogen-bond donors (Lipinski definition) is 1. The minimum Gasteiger partial charge on any atom is -0.490 e. The second-order valence-corrected chi connectivity index (χ2v) is 5.98. The van der Waals surface area contributed by atoms with E-state index in [2.05, 4.69) is 10.3 Å². The van der Waals surface area contributed by atoms with E-state index in [4.69, 9.17) is 4.74 Å². The zero-order valence-electron chi connectivity index (χ0n) is 15.0. The highest BCUT2D eigenvalue weighted by molar-refractivity contribution is 5.59. The Balaban J connectivity index is 2.04. The van der Waals surface area contributed by atoms with Crippen molar-refractivity contribution in [3.8, 4) is 5.75 Å². The number of aryl methyl sites for hydroxylation is 1. The van der Waals surface area contributed by atoms with E-state index in [1.807, 2.05) is 31.2 Å². The van der Waals surface area contributed by atoms with Gasteiger partial charge in [-0.25, -0.2) is 8.78 Å². The lowest BCUT2D eigenvalue weighted by Gasteiger charge is -2.17. The maximum absolute atomic E-state index is 13.5. The Morgan fingerprint density at radius 2 is 1.85 bits per heavy atom. The summed E-state index contributed by atoms with van der Waals surface area (Å²) < 4.78 is 33.7. The zero-order valence-corrected chi connectivity index (χ0v) is 15.0. The van der Waals surface area contributed by atoms with Crippen LogP contribution in [0.3, 0.4) is 0 Å². The van der Waals surface area contributed by atoms with Crippen molar-refractivity contribution in [3.63, 3.8) is 0 Å². The summed E-state index contributed by atoms with van der Waals surface area (Å²) in [6.45, 7) is 2.12. The quantitative estimate of drug-likeness (QED) is 0.714. The number of rotatable bonds is 6. The first-order chi connectivity index (χ1) is 13.0. The summed E-state index contributed by atoms with van der Waals surface area (Å²) in [6.07, 6.45) is 2.26. The molecule has 0 aliphatic rings. The van der Waals surface area contributed by atoms with E-state index in [0.717, 1.165) is 23.7 Å². The van der Waals surface area contributed by atoms with Crippen molar-refractivity contribution in [1.29, 1.82) is 0 Å². The monoisotopic (exact) mass is 371 g/mol. The largest absolute Gasteiger partial charge is 0.490 e. The molecule has 0 bridgehead atoms. The maximum atomic E-state index is 13.5. The van der Waals surface area contributed by atoms with Gasteiger partial charge in [-0.3, -0.25) is 4.79 Å². The SMILES string of the molecule is CCc1ccccc1Nc1nc(=O)c(OC)cn1Cc1cc(F)cc(F)c1. The van der Waals surface area contributed by atoms with E-state index in [0.29, 0.717) is 5.56 Å². The van der Waals surface area contributed by atoms with Crippen molar-refractivity contribution in [2.24, 2.45) is 0 Å². The van der Waals surface area contributed by atoms with Crippen LogP contribution in [0, 0.1) is 11.6 Å². The van der Waals surface area contributed by atoms with E-state index in [1.54, 1.807) is 4.57 Å². The first-order valence-electron chi connectivity index (χ1n) is 8.45. The van der Waals surface area contributed by atoms with Crippen LogP contribution in [-0.4, -0.2) is 16.7 Å². The molecular formula is C20H19F2N3O2. The lowest BCUT2D eigenvalue weighted by atomic mass is 10.1. The molecule has 0 fully saturated rings. The number of halogens is 2. The molecule has 1 N–H and O–H groups in total. The molecular weight excluding hydrogens is 352 g/mol. The van der Waals surface area contributed by atoms with Gasteiger partial charge in [-0.1, -0.05) is 25.1 Å². The van der Waals surface area contributed by atoms with Gasteiger partial charge in [0.25, 0.3) is 0 Å². The van der Waals surface area contributed by atoms with Crippen LogP contribution in [0.5, 0.6) is 5.75 Å². The second kappa shape index (κ2) is 7.99. The van der Waals surface area contributed by atoms with Crippen LogP contribution in [0.4, 0.5) is 20.4 Å². The predicted octanol–water partition coefficient (Wildman–Crippen LogP) is 3.88. The number of nitrogens with zero attached hydrogens (tertiary/aromatic N) is 2. The fourth-order valence-electron chi connectivity index (χ4n) is 2.80. The normalized spacial score (nSPS) is 10.7. The second-order valence-electron chi connectivity index (χ2n) is 5.98. The lowest BCUT2D eigenvalue weighted by molar-refractivity contribution is 0.402. The van der Waals surface area contributed by atoms with E-state index >= 15 is 0 Å². The number of anilines is 2. The molecule has 0 unspecified atom stereocenters. The Labute approximate surface area is 155 Å². The molecule has 140 valence electrons. The first-order valence-corrected chi connectivity index (χ1v) is 8.45. The number of para-hydroxylation sites is 1. The van der Waals surface area contributed by atoms with E-state index < -0.39 is 17.2 Å². The van der Waals surface area contributed by atoms with E-state index in [-0.39, 0.29) is 18.2 Å². The van der Waals surface area contributed by atoms with Gasteiger partial charge in [-0.15, -0.1) is 0 Å². The summed E-state index contributed by atoms with van der Waals surface area (Å²) in [6, 6.07) is 10.9. The highest BCUT2D eigenvalue weighted by Gasteiger charge is 2.12. The molecule has 0 atom stereocenters. The van der Waals surface area contributed by atoms with Crippen LogP contribution in [0.1, 0.15) is 18.1 Å². The standard InChI is InChI=1S/C20H19F2N3O2/c1-3-14-6-4-5-7-17(14)23-20-24-19(26)18(27-2)12-25(20)11-13-8-15(21)10-16(22)9-13/h4-10,12H,3,11H2,1-2H3,(H,23,24,26). The van der Waals surface area contributed by atoms with Crippen molar-refractivity contribution >= 4 is 11.6 Å². The van der Waals surface area contributed by atoms with Gasteiger partial charge in [0.05, 0.1) is 19.9 Å². The number of hydrogen-bond acceptors (Lipinski definition) is 4. The highest BCUT2D eigenvalue weighted by atomic mass is 19.1. The van der Waals surface area contributed by atoms with Gasteiger partial charge in [0.2, 0.25) is 11.7 Å². The van der Waals surface area contributed by atoms with Crippen LogP contribution in [0.25, 0.3) is 0 Å². The van der Waals surface area contributed by atoms with Gasteiger partial charge in [-0.2, -0.15) is 4.98 Å². The third kappa shape index (κ3) is 4.31. The summed E-state index contributed by atoms with van der Waals surface area (Å²) in [5.74, 6) is -1.04. The number of ether oxygens (including phenoxy) is 1. The number of benzene rings is 2. The summed E-state index contributed by atoms with van der Waals surface area (Å²) in [5.41, 5.74) is 1.71. The van der Waals surface area contributed by atoms with E-state index in [1.165, 1.54) is 25.4 Å². The van der Waals surface area contributed by atoms with Gasteiger partial charge in [0, 0.05) is 11.8 Å². The summed E-state index contributed by atoms with van der Waals surface area (Å²) >= 11 is 0. The molecule has 0 aliphatic carbocycles. The predicted molar refractivity (Wildman–Crippen MR) is 99.6 cm³/mol. The van der Waals surface area contributed by atoms with Crippen LogP contribution >= 0.6 is 0 Å². The van der Waals surface area contributed by atoms with Crippen LogP contribution in [0.15, 0.2) is 53.5 Å². The number of aromatic nitrogens is 2. The van der Waals surface area contributed by atoms with Gasteiger partial charge in [-0.05, 0) is 35.7 Å². The van der Waals surface area contributed by atoms with Crippen LogP contribution in [0.2, 0.25) is 0 Å². The number of methoxy groups -OCH3 is 1. The van der Waals surface area contributed by atoms with Crippen molar-refractivity contribution in [3.05, 3.63) is 81.8 Å². The van der Waals surface area contributed by atoms with Crippen molar-refractivity contribution in [2.75, 3.05) is 12.4 Å². The van der Waals surface area contributed by atoms with Gasteiger partial charge in [0.15, 0.2) is 0 Å². The van der Waals surface area contributed by atoms with Crippen molar-refractivity contribution < 1.29 is 13.5 Å². The Bertz CT molecular complexity index is 998. The number of nitrogens with one attached hydrogen (secondary N) is 1. The van der Waals surface area contributed by atoms with Crippen molar-refractivity contribution in [2.45, 2.75) is 19.9 Å². The minimum absolute atomic E-state index is 0.0428.